The molecular weight excluding hydrogens is 340 g/mol. The first-order valence-corrected chi connectivity index (χ1v) is 8.99. The molecule has 2 aromatic carbocycles. The predicted octanol–water partition coefficient (Wildman–Crippen LogP) is 3.33. The van der Waals surface area contributed by atoms with Crippen molar-refractivity contribution in [2.75, 3.05) is 38.8 Å². The molecule has 2 rings (SSSR count). The van der Waals surface area contributed by atoms with E-state index in [0.29, 0.717) is 30.3 Å². The fourth-order valence-corrected chi connectivity index (χ4v) is 2.53. The van der Waals surface area contributed by atoms with Crippen molar-refractivity contribution < 1.29 is 14.3 Å². The fraction of sp³-hybridized carbons (Fsp3) is 0.318. The van der Waals surface area contributed by atoms with Crippen LogP contribution in [0.25, 0.3) is 0 Å². The smallest absolute Gasteiger partial charge is 0.252 e. The largest absolute Gasteiger partial charge is 0.490 e. The third kappa shape index (κ3) is 5.68. The maximum absolute atomic E-state index is 12.4. The molecule has 0 atom stereocenters. The van der Waals surface area contributed by atoms with Crippen molar-refractivity contribution >= 4 is 11.6 Å². The van der Waals surface area contributed by atoms with E-state index in [1.807, 2.05) is 57.1 Å². The molecule has 0 aliphatic heterocycles. The van der Waals surface area contributed by atoms with Crippen molar-refractivity contribution in [1.29, 1.82) is 0 Å². The molecule has 0 aliphatic carbocycles. The van der Waals surface area contributed by atoms with E-state index in [1.165, 1.54) is 0 Å². The predicted molar refractivity (Wildman–Crippen MR) is 109 cm³/mol. The van der Waals surface area contributed by atoms with Crippen molar-refractivity contribution in [2.24, 2.45) is 0 Å². The standard InChI is InChI=1S/C22H26N2O3/c1-5-26-20-14-13-18(16-21(20)27-6-2)22(25)23-15-9-11-17-10-7-8-12-19(17)24(3)4/h7-8,10,12-14,16H,5-6,15H2,1-4H3,(H,23,25). The number of hydrogen-bond acceptors (Lipinski definition) is 4. The summed E-state index contributed by atoms with van der Waals surface area (Å²) >= 11 is 0. The molecule has 27 heavy (non-hydrogen) atoms. The number of nitrogens with one attached hydrogen (secondary N) is 1. The number of hydrogen-bond donors (Lipinski definition) is 1. The zero-order valence-corrected chi connectivity index (χ0v) is 16.3. The van der Waals surface area contributed by atoms with Gasteiger partial charge in [0.2, 0.25) is 0 Å². The zero-order valence-electron chi connectivity index (χ0n) is 16.3. The van der Waals surface area contributed by atoms with E-state index in [1.54, 1.807) is 18.2 Å². The van der Waals surface area contributed by atoms with E-state index in [2.05, 4.69) is 17.2 Å². The average Bonchev–Trinajstić information content (AvgIpc) is 2.67. The zero-order chi connectivity index (χ0) is 19.6. The van der Waals surface area contributed by atoms with Crippen molar-refractivity contribution in [2.45, 2.75) is 13.8 Å². The van der Waals surface area contributed by atoms with Gasteiger partial charge in [-0.25, -0.2) is 0 Å². The molecule has 0 spiro atoms. The number of anilines is 1. The first-order chi connectivity index (χ1) is 13.1. The van der Waals surface area contributed by atoms with Gasteiger partial charge in [0.25, 0.3) is 5.91 Å². The number of amides is 1. The van der Waals surface area contributed by atoms with E-state index < -0.39 is 0 Å². The van der Waals surface area contributed by atoms with E-state index in [9.17, 15) is 4.79 Å². The van der Waals surface area contributed by atoms with E-state index in [0.717, 1.165) is 11.3 Å². The molecule has 2 aromatic rings. The number of ether oxygens (including phenoxy) is 2. The topological polar surface area (TPSA) is 50.8 Å². The van der Waals surface area contributed by atoms with Crippen LogP contribution in [0.4, 0.5) is 5.69 Å². The van der Waals surface area contributed by atoms with Gasteiger partial charge in [-0.05, 0) is 44.2 Å². The summed E-state index contributed by atoms with van der Waals surface area (Å²) in [5.74, 6) is 7.12. The molecule has 0 bridgehead atoms. The second-order valence-electron chi connectivity index (χ2n) is 5.92. The maximum Gasteiger partial charge on any atom is 0.252 e. The van der Waals surface area contributed by atoms with Crippen molar-refractivity contribution in [3.05, 3.63) is 53.6 Å². The van der Waals surface area contributed by atoms with Crippen LogP contribution >= 0.6 is 0 Å². The highest BCUT2D eigenvalue weighted by Crippen LogP contribution is 2.28. The second kappa shape index (κ2) is 10.1. The van der Waals surface area contributed by atoms with Gasteiger partial charge < -0.3 is 19.7 Å². The summed E-state index contributed by atoms with van der Waals surface area (Å²) in [4.78, 5) is 14.4. The van der Waals surface area contributed by atoms with Crippen molar-refractivity contribution in [3.8, 4) is 23.3 Å². The Hall–Kier alpha value is -3.13. The van der Waals surface area contributed by atoms with Gasteiger partial charge >= 0.3 is 0 Å². The van der Waals surface area contributed by atoms with Crippen LogP contribution in [0.3, 0.4) is 0 Å². The Morgan fingerprint density at radius 1 is 1.04 bits per heavy atom. The minimum absolute atomic E-state index is 0.200. The summed E-state index contributed by atoms with van der Waals surface area (Å²) in [7, 11) is 3.95. The lowest BCUT2D eigenvalue weighted by atomic mass is 10.1. The van der Waals surface area contributed by atoms with E-state index in [4.69, 9.17) is 9.47 Å². The summed E-state index contributed by atoms with van der Waals surface area (Å²) in [6.45, 7) is 5.10. The lowest BCUT2D eigenvalue weighted by Gasteiger charge is -2.14. The van der Waals surface area contributed by atoms with Gasteiger partial charge in [-0.1, -0.05) is 24.0 Å². The molecule has 0 aliphatic rings. The highest BCUT2D eigenvalue weighted by molar-refractivity contribution is 5.95. The molecule has 5 nitrogen and oxygen atoms in total. The highest BCUT2D eigenvalue weighted by atomic mass is 16.5. The minimum Gasteiger partial charge on any atom is -0.490 e. The van der Waals surface area contributed by atoms with Crippen LogP contribution in [0, 0.1) is 11.8 Å². The van der Waals surface area contributed by atoms with Crippen LogP contribution in [-0.2, 0) is 0 Å². The SMILES string of the molecule is CCOc1ccc(C(=O)NCC#Cc2ccccc2N(C)C)cc1OCC. The summed E-state index contributed by atoms with van der Waals surface area (Å²) in [6, 6.07) is 13.1. The summed E-state index contributed by atoms with van der Waals surface area (Å²) < 4.78 is 11.1. The number of benzene rings is 2. The second-order valence-corrected chi connectivity index (χ2v) is 5.92. The van der Waals surface area contributed by atoms with Crippen molar-refractivity contribution in [1.82, 2.24) is 5.32 Å². The molecule has 0 saturated heterocycles. The third-order valence-corrected chi connectivity index (χ3v) is 3.75. The number of para-hydroxylation sites is 1. The number of nitrogens with zero attached hydrogens (tertiary/aromatic N) is 1. The molecule has 5 heteroatoms. The van der Waals surface area contributed by atoms with Gasteiger partial charge in [-0.3, -0.25) is 4.79 Å². The quantitative estimate of drug-likeness (QED) is 0.764. The third-order valence-electron chi connectivity index (χ3n) is 3.75. The first kappa shape index (κ1) is 20.2. The average molecular weight is 366 g/mol. The fourth-order valence-electron chi connectivity index (χ4n) is 2.53. The van der Waals surface area contributed by atoms with E-state index in [-0.39, 0.29) is 12.5 Å². The van der Waals surface area contributed by atoms with Crippen LogP contribution in [0.1, 0.15) is 29.8 Å². The molecule has 142 valence electrons. The Balaban J connectivity index is 2.04. The molecule has 0 fully saturated rings. The van der Waals surface area contributed by atoms with Crippen LogP contribution in [-0.4, -0.2) is 39.8 Å². The Labute approximate surface area is 161 Å². The minimum atomic E-state index is -0.200. The number of carbonyl (C=O) groups is 1. The monoisotopic (exact) mass is 366 g/mol. The lowest BCUT2D eigenvalue weighted by Crippen LogP contribution is -2.23. The molecule has 1 N–H and O–H groups in total. The lowest BCUT2D eigenvalue weighted by molar-refractivity contribution is 0.0958. The summed E-state index contributed by atoms with van der Waals surface area (Å²) in [6.07, 6.45) is 0. The van der Waals surface area contributed by atoms with Gasteiger partial charge in [-0.15, -0.1) is 0 Å². The highest BCUT2D eigenvalue weighted by Gasteiger charge is 2.11. The van der Waals surface area contributed by atoms with Gasteiger partial charge in [0.1, 0.15) is 0 Å². The van der Waals surface area contributed by atoms with Gasteiger partial charge in [0, 0.05) is 25.2 Å². The molecular formula is C22H26N2O3. The van der Waals surface area contributed by atoms with Crippen LogP contribution in [0.2, 0.25) is 0 Å². The number of rotatable bonds is 7. The molecule has 0 unspecified atom stereocenters. The molecule has 0 aromatic heterocycles. The molecule has 0 radical (unpaired) electrons. The van der Waals surface area contributed by atoms with Crippen LogP contribution in [0.5, 0.6) is 11.5 Å². The summed E-state index contributed by atoms with van der Waals surface area (Å²) in [5.41, 5.74) is 2.48. The van der Waals surface area contributed by atoms with Crippen molar-refractivity contribution in [3.63, 3.8) is 0 Å². The van der Waals surface area contributed by atoms with Crippen LogP contribution < -0.4 is 19.7 Å². The molecule has 1 amide bonds. The summed E-state index contributed by atoms with van der Waals surface area (Å²) in [5, 5.41) is 2.82. The molecule has 0 saturated carbocycles. The Bertz CT molecular complexity index is 835. The first-order valence-electron chi connectivity index (χ1n) is 8.99. The maximum atomic E-state index is 12.4. The Kier molecular flexibility index (Phi) is 7.57. The number of carbonyl (C=O) groups excluding carboxylic acids is 1. The Morgan fingerprint density at radius 2 is 1.74 bits per heavy atom. The molecule has 0 heterocycles. The van der Waals surface area contributed by atoms with E-state index >= 15 is 0 Å². The normalized spacial score (nSPS) is 9.78. The van der Waals surface area contributed by atoms with Crippen LogP contribution in [0.15, 0.2) is 42.5 Å². The Morgan fingerprint density at radius 3 is 2.44 bits per heavy atom. The van der Waals surface area contributed by atoms with Gasteiger partial charge in [0.15, 0.2) is 11.5 Å². The van der Waals surface area contributed by atoms with Gasteiger partial charge in [-0.2, -0.15) is 0 Å². The van der Waals surface area contributed by atoms with Gasteiger partial charge in [0.05, 0.1) is 25.4 Å².